The summed E-state index contributed by atoms with van der Waals surface area (Å²) < 4.78 is 0.172. The summed E-state index contributed by atoms with van der Waals surface area (Å²) in [6.07, 6.45) is 11.4. The summed E-state index contributed by atoms with van der Waals surface area (Å²) >= 11 is -4.99. The molecule has 0 N–H and O–H groups in total. The second-order valence-corrected chi connectivity index (χ2v) is 61.2. The minimum atomic E-state index is -4.99. The summed E-state index contributed by atoms with van der Waals surface area (Å²) in [5.41, 5.74) is 19.6. The molecule has 0 aromatic heterocycles. The average Bonchev–Trinajstić information content (AvgIpc) is 3.69. The zero-order valence-corrected chi connectivity index (χ0v) is 40.4. The first-order valence-corrected chi connectivity index (χ1v) is 37.2. The Labute approximate surface area is 337 Å². The third-order valence-corrected chi connectivity index (χ3v) is 64.7. The van der Waals surface area contributed by atoms with E-state index in [1.54, 1.807) is 0 Å². The third-order valence-electron chi connectivity index (χ3n) is 12.8. The molecule has 0 saturated carbocycles. The Hall–Kier alpha value is -1.96. The van der Waals surface area contributed by atoms with Crippen molar-refractivity contribution in [3.63, 3.8) is 0 Å². The van der Waals surface area contributed by atoms with Crippen molar-refractivity contribution in [1.82, 2.24) is 0 Å². The number of hydrogen-bond acceptors (Lipinski definition) is 0. The van der Waals surface area contributed by atoms with Gasteiger partial charge in [0.25, 0.3) is 0 Å². The number of rotatable bonds is 11. The molecule has 0 fully saturated rings. The van der Waals surface area contributed by atoms with Crippen LogP contribution in [-0.2, 0) is 39.2 Å². The molecule has 2 atom stereocenters. The zero-order valence-electron chi connectivity index (χ0n) is 35.3. The van der Waals surface area contributed by atoms with Gasteiger partial charge in [0.2, 0.25) is 0 Å². The molecule has 2 unspecified atom stereocenters. The van der Waals surface area contributed by atoms with Gasteiger partial charge in [0.05, 0.1) is 0 Å². The molecule has 0 radical (unpaired) electrons. The third kappa shape index (κ3) is 6.90. The molecule has 4 aromatic rings. The summed E-state index contributed by atoms with van der Waals surface area (Å²) in [6, 6.07) is 28.0. The number of benzene rings is 4. The van der Waals surface area contributed by atoms with Gasteiger partial charge in [-0.2, -0.15) is 0 Å². The SMILES string of the molecule is CCCC1=Cc2c(ccc(C(C)(C)C)c2-c2ccccc2CC)[CH]1[Zr]([Cl])([Cl])([CH]1C(CCC)=Cc2c1ccc(C(C)(C)C)c2-c1ccccc1CC)[SiH](C)C. The first kappa shape index (κ1) is 41.7. The molecule has 2 aliphatic rings. The van der Waals surface area contributed by atoms with Crippen molar-refractivity contribution >= 4 is 35.1 Å². The van der Waals surface area contributed by atoms with Crippen LogP contribution in [0.25, 0.3) is 34.4 Å². The van der Waals surface area contributed by atoms with E-state index in [0.29, 0.717) is 0 Å². The summed E-state index contributed by atoms with van der Waals surface area (Å²) in [5, 5.41) is 0. The first-order chi connectivity index (χ1) is 25.4. The fourth-order valence-electron chi connectivity index (χ4n) is 10.1. The van der Waals surface area contributed by atoms with Crippen LogP contribution in [0, 0.1) is 0 Å². The molecule has 0 saturated heterocycles. The van der Waals surface area contributed by atoms with Gasteiger partial charge in [0.15, 0.2) is 0 Å². The van der Waals surface area contributed by atoms with E-state index in [4.69, 9.17) is 17.0 Å². The molecular weight excluding hydrogens is 791 g/mol. The van der Waals surface area contributed by atoms with Gasteiger partial charge in [0.1, 0.15) is 0 Å². The van der Waals surface area contributed by atoms with E-state index in [2.05, 4.69) is 167 Å². The van der Waals surface area contributed by atoms with Gasteiger partial charge in [-0.3, -0.25) is 0 Å². The normalized spacial score (nSPS) is 17.9. The Balaban J connectivity index is 1.71. The van der Waals surface area contributed by atoms with Gasteiger partial charge < -0.3 is 0 Å². The van der Waals surface area contributed by atoms with Crippen molar-refractivity contribution in [2.75, 3.05) is 0 Å². The second-order valence-electron chi connectivity index (χ2n) is 18.7. The Kier molecular flexibility index (Phi) is 11.9. The quantitative estimate of drug-likeness (QED) is 0.132. The minimum absolute atomic E-state index is 0.0216. The fraction of sp³-hybridized carbons (Fsp3) is 0.440. The number of fused-ring (bicyclic) bond motifs is 2. The Morgan fingerprint density at radius 1 is 0.556 bits per heavy atom. The van der Waals surface area contributed by atoms with Gasteiger partial charge in [-0.1, -0.05) is 0 Å². The topological polar surface area (TPSA) is 0 Å². The van der Waals surface area contributed by atoms with E-state index in [0.717, 1.165) is 38.5 Å². The van der Waals surface area contributed by atoms with Crippen LogP contribution in [0.5, 0.6) is 0 Å². The molecule has 54 heavy (non-hydrogen) atoms. The summed E-state index contributed by atoms with van der Waals surface area (Å²) in [4.78, 5) is 0. The van der Waals surface area contributed by atoms with E-state index < -0.39 is 21.5 Å². The maximum atomic E-state index is 8.99. The molecule has 4 aromatic carbocycles. The standard InChI is InChI=1S/2C24H29.C2H7Si.2ClH.Zr/c2*1-6-10-17-15-19-13-14-22(24(3,4)5)23(21(19)16-17)20-12-9-8-11-18(20)7-2;1-3-2;;;/h2*8-9,11-16H,6-7,10H2,1-5H3;3H,1-2H3;2*1H;/q;;;;;+2/p-2. The fourth-order valence-corrected chi connectivity index (χ4v) is 41.6. The molecule has 0 nitrogen and oxygen atoms in total. The van der Waals surface area contributed by atoms with Crippen LogP contribution in [0.15, 0.2) is 83.9 Å². The number of halogens is 2. The van der Waals surface area contributed by atoms with E-state index in [1.807, 2.05) is 0 Å². The van der Waals surface area contributed by atoms with Gasteiger partial charge >= 0.3 is 340 Å². The van der Waals surface area contributed by atoms with Crippen molar-refractivity contribution in [2.45, 2.75) is 139 Å². The number of allylic oxidation sites excluding steroid dienone is 2. The van der Waals surface area contributed by atoms with Gasteiger partial charge in [-0.05, 0) is 0 Å². The molecule has 4 heteroatoms. The number of hydrogen-bond donors (Lipinski definition) is 0. The average molecular weight is 856 g/mol. The van der Waals surface area contributed by atoms with E-state index in [-0.39, 0.29) is 18.1 Å². The molecule has 2 aliphatic carbocycles. The molecule has 0 aliphatic heterocycles. The first-order valence-electron chi connectivity index (χ1n) is 20.9. The molecule has 287 valence electrons. The van der Waals surface area contributed by atoms with Crippen LogP contribution in [-0.4, -0.2) is 5.92 Å². The summed E-state index contributed by atoms with van der Waals surface area (Å²) in [5.74, 6) is -1.71. The van der Waals surface area contributed by atoms with Crippen molar-refractivity contribution in [3.05, 3.63) is 128 Å². The van der Waals surface area contributed by atoms with Crippen LogP contribution >= 0.6 is 17.0 Å². The van der Waals surface area contributed by atoms with Crippen molar-refractivity contribution in [3.8, 4) is 22.3 Å². The van der Waals surface area contributed by atoms with Gasteiger partial charge in [-0.15, -0.1) is 0 Å². The van der Waals surface area contributed by atoms with Gasteiger partial charge in [-0.25, -0.2) is 0 Å². The van der Waals surface area contributed by atoms with Crippen molar-refractivity contribution < 1.29 is 15.6 Å². The molecule has 0 amide bonds. The maximum absolute atomic E-state index is 8.99. The van der Waals surface area contributed by atoms with E-state index >= 15 is 0 Å². The van der Waals surface area contributed by atoms with Crippen LogP contribution in [0.1, 0.15) is 147 Å². The summed E-state index contributed by atoms with van der Waals surface area (Å²) in [7, 11) is 18.0. The molecule has 0 heterocycles. The molecule has 0 bridgehead atoms. The molecule has 0 spiro atoms. The Morgan fingerprint density at radius 2 is 0.926 bits per heavy atom. The van der Waals surface area contributed by atoms with E-state index in [1.165, 1.54) is 77.9 Å². The zero-order chi connectivity index (χ0) is 39.4. The van der Waals surface area contributed by atoms with Crippen LogP contribution in [0.3, 0.4) is 0 Å². The predicted molar refractivity (Wildman–Crippen MR) is 242 cm³/mol. The number of aryl methyl sites for hydroxylation is 2. The van der Waals surface area contributed by atoms with Crippen LogP contribution in [0.4, 0.5) is 0 Å². The Bertz CT molecular complexity index is 1970. The van der Waals surface area contributed by atoms with Crippen LogP contribution in [0.2, 0.25) is 13.1 Å². The molecule has 6 rings (SSSR count). The second kappa shape index (κ2) is 15.4. The monoisotopic (exact) mass is 853 g/mol. The molecular formula is C50H65Cl2SiZr. The van der Waals surface area contributed by atoms with Gasteiger partial charge in [0, 0.05) is 0 Å². The van der Waals surface area contributed by atoms with Crippen molar-refractivity contribution in [2.24, 2.45) is 0 Å². The summed E-state index contributed by atoms with van der Waals surface area (Å²) in [6.45, 7) is 28.4. The Morgan fingerprint density at radius 3 is 1.24 bits per heavy atom. The van der Waals surface area contributed by atoms with Crippen molar-refractivity contribution in [1.29, 1.82) is 0 Å². The van der Waals surface area contributed by atoms with Crippen LogP contribution < -0.4 is 0 Å². The van der Waals surface area contributed by atoms with E-state index in [9.17, 15) is 0 Å². The predicted octanol–water partition coefficient (Wildman–Crippen LogP) is 15.9.